The number of methoxy groups -OCH3 is 3. The van der Waals surface area contributed by atoms with E-state index in [2.05, 4.69) is 25.2 Å². The van der Waals surface area contributed by atoms with Crippen LogP contribution in [0.2, 0.25) is 5.02 Å². The number of benzene rings is 2. The van der Waals surface area contributed by atoms with Gasteiger partial charge >= 0.3 is 0 Å². The van der Waals surface area contributed by atoms with E-state index in [1.807, 2.05) is 18.2 Å². The maximum Gasteiger partial charge on any atom is 0.234 e. The van der Waals surface area contributed by atoms with Crippen LogP contribution in [0.1, 0.15) is 12.0 Å². The van der Waals surface area contributed by atoms with Crippen LogP contribution >= 0.6 is 11.6 Å². The van der Waals surface area contributed by atoms with Gasteiger partial charge in [-0.3, -0.25) is 0 Å². The first-order valence-electron chi connectivity index (χ1n) is 9.45. The number of nitrogens with one attached hydrogen (secondary N) is 1. The third kappa shape index (κ3) is 3.91. The Balaban J connectivity index is 1.64. The Morgan fingerprint density at radius 3 is 2.47 bits per heavy atom. The molecule has 2 aromatic carbocycles. The van der Waals surface area contributed by atoms with Crippen LogP contribution in [0.25, 0.3) is 0 Å². The van der Waals surface area contributed by atoms with Gasteiger partial charge in [0.15, 0.2) is 11.5 Å². The smallest absolute Gasteiger partial charge is 0.234 e. The monoisotopic (exact) mass is 427 g/mol. The number of fused-ring (bicyclic) bond motifs is 1. The van der Waals surface area contributed by atoms with Crippen LogP contribution in [0.5, 0.6) is 17.2 Å². The topological polar surface area (TPSA) is 81.6 Å². The lowest BCUT2D eigenvalue weighted by atomic mass is 10.0. The third-order valence-electron chi connectivity index (χ3n) is 4.88. The normalized spacial score (nSPS) is 12.9. The van der Waals surface area contributed by atoms with E-state index in [0.29, 0.717) is 34.8 Å². The second-order valence-electron chi connectivity index (χ2n) is 6.68. The fourth-order valence-electron chi connectivity index (χ4n) is 3.53. The Bertz CT molecular complexity index is 1040. The second-order valence-corrected chi connectivity index (χ2v) is 7.11. The van der Waals surface area contributed by atoms with E-state index < -0.39 is 0 Å². The van der Waals surface area contributed by atoms with E-state index >= 15 is 0 Å². The zero-order chi connectivity index (χ0) is 21.1. The SMILES string of the molecule is COc1cc(Nc2ncnc(N3CCCc4cc(Cl)ccc43)n2)cc(OC)c1OC. The fraction of sp³-hybridized carbons (Fsp3) is 0.286. The average molecular weight is 428 g/mol. The van der Waals surface area contributed by atoms with Gasteiger partial charge in [-0.15, -0.1) is 0 Å². The average Bonchev–Trinajstić information content (AvgIpc) is 2.77. The molecule has 0 saturated carbocycles. The largest absolute Gasteiger partial charge is 0.493 e. The molecule has 0 amide bonds. The summed E-state index contributed by atoms with van der Waals surface area (Å²) >= 11 is 6.16. The van der Waals surface area contributed by atoms with E-state index in [9.17, 15) is 0 Å². The van der Waals surface area contributed by atoms with Crippen LogP contribution in [0.15, 0.2) is 36.7 Å². The third-order valence-corrected chi connectivity index (χ3v) is 5.12. The van der Waals surface area contributed by atoms with E-state index in [0.717, 1.165) is 30.1 Å². The zero-order valence-electron chi connectivity index (χ0n) is 17.0. The summed E-state index contributed by atoms with van der Waals surface area (Å²) in [7, 11) is 4.71. The van der Waals surface area contributed by atoms with Crippen LogP contribution in [0.4, 0.5) is 23.3 Å². The lowest BCUT2D eigenvalue weighted by molar-refractivity contribution is 0.324. The van der Waals surface area contributed by atoms with Crippen molar-refractivity contribution < 1.29 is 14.2 Å². The number of anilines is 4. The molecule has 0 atom stereocenters. The maximum absolute atomic E-state index is 6.16. The Hall–Kier alpha value is -3.26. The molecule has 3 aromatic rings. The van der Waals surface area contributed by atoms with Gasteiger partial charge in [-0.1, -0.05) is 11.6 Å². The van der Waals surface area contributed by atoms with Crippen molar-refractivity contribution in [2.45, 2.75) is 12.8 Å². The van der Waals surface area contributed by atoms with E-state index in [1.54, 1.807) is 33.5 Å². The number of hydrogen-bond donors (Lipinski definition) is 1. The summed E-state index contributed by atoms with van der Waals surface area (Å²) < 4.78 is 16.2. The van der Waals surface area contributed by atoms with Gasteiger partial charge in [0, 0.05) is 35.1 Å². The Morgan fingerprint density at radius 2 is 1.77 bits per heavy atom. The Morgan fingerprint density at radius 1 is 1.00 bits per heavy atom. The van der Waals surface area contributed by atoms with E-state index in [4.69, 9.17) is 25.8 Å². The predicted octanol–water partition coefficient (Wildman–Crippen LogP) is 4.38. The van der Waals surface area contributed by atoms with Crippen molar-refractivity contribution >= 4 is 34.9 Å². The van der Waals surface area contributed by atoms with Crippen molar-refractivity contribution in [1.29, 1.82) is 0 Å². The first-order valence-corrected chi connectivity index (χ1v) is 9.82. The first kappa shape index (κ1) is 20.0. The van der Waals surface area contributed by atoms with Crippen LogP contribution in [-0.2, 0) is 6.42 Å². The lowest BCUT2D eigenvalue weighted by Crippen LogP contribution is -2.26. The molecule has 1 aliphatic heterocycles. The highest BCUT2D eigenvalue weighted by Gasteiger charge is 2.21. The van der Waals surface area contributed by atoms with Gasteiger partial charge in [-0.25, -0.2) is 9.97 Å². The number of aromatic nitrogens is 3. The number of hydrogen-bond acceptors (Lipinski definition) is 8. The molecule has 0 unspecified atom stereocenters. The summed E-state index contributed by atoms with van der Waals surface area (Å²) in [5.41, 5.74) is 2.95. The van der Waals surface area contributed by atoms with E-state index in [1.165, 1.54) is 11.9 Å². The number of ether oxygens (including phenoxy) is 3. The van der Waals surface area contributed by atoms with Crippen molar-refractivity contribution in [3.63, 3.8) is 0 Å². The molecule has 4 rings (SSSR count). The van der Waals surface area contributed by atoms with Crippen molar-refractivity contribution in [2.75, 3.05) is 38.1 Å². The molecular weight excluding hydrogens is 406 g/mol. The molecule has 30 heavy (non-hydrogen) atoms. The number of nitrogens with zero attached hydrogens (tertiary/aromatic N) is 4. The van der Waals surface area contributed by atoms with Crippen LogP contribution < -0.4 is 24.4 Å². The van der Waals surface area contributed by atoms with Gasteiger partial charge in [-0.05, 0) is 36.6 Å². The zero-order valence-corrected chi connectivity index (χ0v) is 17.7. The second kappa shape index (κ2) is 8.62. The highest BCUT2D eigenvalue weighted by Crippen LogP contribution is 2.40. The van der Waals surface area contributed by atoms with Crippen LogP contribution in [-0.4, -0.2) is 42.8 Å². The van der Waals surface area contributed by atoms with Gasteiger partial charge in [0.05, 0.1) is 21.3 Å². The molecule has 8 nitrogen and oxygen atoms in total. The van der Waals surface area contributed by atoms with Crippen molar-refractivity contribution in [2.24, 2.45) is 0 Å². The molecular formula is C21H22ClN5O3. The molecule has 1 aromatic heterocycles. The minimum atomic E-state index is 0.412. The molecule has 1 aliphatic rings. The van der Waals surface area contributed by atoms with Gasteiger partial charge < -0.3 is 24.4 Å². The molecule has 1 N–H and O–H groups in total. The van der Waals surface area contributed by atoms with Crippen molar-refractivity contribution in [3.8, 4) is 17.2 Å². The summed E-state index contributed by atoms with van der Waals surface area (Å²) in [5.74, 6) is 2.58. The van der Waals surface area contributed by atoms with Gasteiger partial charge in [0.2, 0.25) is 17.6 Å². The highest BCUT2D eigenvalue weighted by atomic mass is 35.5. The summed E-state index contributed by atoms with van der Waals surface area (Å²) in [6.45, 7) is 0.822. The predicted molar refractivity (Wildman–Crippen MR) is 116 cm³/mol. The van der Waals surface area contributed by atoms with Crippen LogP contribution in [0.3, 0.4) is 0 Å². The molecule has 0 spiro atoms. The molecule has 0 aliphatic carbocycles. The van der Waals surface area contributed by atoms with Crippen LogP contribution in [0, 0.1) is 0 Å². The summed E-state index contributed by atoms with van der Waals surface area (Å²) in [5, 5.41) is 3.92. The van der Waals surface area contributed by atoms with Gasteiger partial charge in [0.25, 0.3) is 0 Å². The van der Waals surface area contributed by atoms with Crippen molar-refractivity contribution in [3.05, 3.63) is 47.2 Å². The molecule has 0 fully saturated rings. The summed E-state index contributed by atoms with van der Waals surface area (Å²) in [6.07, 6.45) is 3.47. The fourth-order valence-corrected chi connectivity index (χ4v) is 3.73. The van der Waals surface area contributed by atoms with Gasteiger partial charge in [-0.2, -0.15) is 4.98 Å². The molecule has 2 heterocycles. The Kier molecular flexibility index (Phi) is 5.76. The maximum atomic E-state index is 6.16. The molecule has 0 bridgehead atoms. The summed E-state index contributed by atoms with van der Waals surface area (Å²) in [6, 6.07) is 9.48. The highest BCUT2D eigenvalue weighted by molar-refractivity contribution is 6.30. The number of aryl methyl sites for hydroxylation is 1. The van der Waals surface area contributed by atoms with E-state index in [-0.39, 0.29) is 0 Å². The molecule has 0 saturated heterocycles. The standard InChI is InChI=1S/C21H22ClN5O3/c1-28-17-10-15(11-18(29-2)19(17)30-3)25-20-23-12-24-21(26-20)27-8-4-5-13-9-14(22)6-7-16(13)27/h6-7,9-12H,4-5,8H2,1-3H3,(H,23,24,25,26). The quantitative estimate of drug-likeness (QED) is 0.620. The Labute approximate surface area is 179 Å². The molecule has 156 valence electrons. The molecule has 0 radical (unpaired) electrons. The number of halogens is 1. The lowest BCUT2D eigenvalue weighted by Gasteiger charge is -2.29. The van der Waals surface area contributed by atoms with Crippen molar-refractivity contribution in [1.82, 2.24) is 15.0 Å². The minimum Gasteiger partial charge on any atom is -0.493 e. The molecule has 9 heteroatoms. The minimum absolute atomic E-state index is 0.412. The van der Waals surface area contributed by atoms with Gasteiger partial charge in [0.1, 0.15) is 6.33 Å². The summed E-state index contributed by atoms with van der Waals surface area (Å²) in [4.78, 5) is 15.3. The first-order chi connectivity index (χ1) is 14.6. The number of rotatable bonds is 6.